The van der Waals surface area contributed by atoms with Gasteiger partial charge in [-0.3, -0.25) is 0 Å². The molecule has 100 valence electrons. The molecule has 0 saturated carbocycles. The molecule has 0 aliphatic heterocycles. The molecule has 0 atom stereocenters. The molecule has 3 nitrogen and oxygen atoms in total. The topological polar surface area (TPSA) is 37.8 Å². The molecular weight excluding hydrogens is 254 g/mol. The van der Waals surface area contributed by atoms with Gasteiger partial charge < -0.3 is 5.32 Å². The third-order valence-electron chi connectivity index (χ3n) is 2.58. The number of rotatable bonds is 6. The van der Waals surface area contributed by atoms with Gasteiger partial charge in [0.25, 0.3) is 0 Å². The lowest BCUT2D eigenvalue weighted by Gasteiger charge is -2.10. The van der Waals surface area contributed by atoms with Gasteiger partial charge in [-0.25, -0.2) is 9.97 Å². The van der Waals surface area contributed by atoms with Gasteiger partial charge in [0.2, 0.25) is 0 Å². The highest BCUT2D eigenvalue weighted by Crippen LogP contribution is 2.27. The van der Waals surface area contributed by atoms with Gasteiger partial charge >= 0.3 is 0 Å². The summed E-state index contributed by atoms with van der Waals surface area (Å²) in [5.41, 5.74) is 1.29. The van der Waals surface area contributed by atoms with Crippen LogP contribution in [0.1, 0.15) is 19.4 Å². The molecule has 1 aromatic heterocycles. The van der Waals surface area contributed by atoms with Crippen molar-refractivity contribution < 1.29 is 0 Å². The molecule has 0 aliphatic rings. The first kappa shape index (κ1) is 14.0. The SMILES string of the molecule is CC(C)CNCc1ccccc1Sc1ncccn1. The van der Waals surface area contributed by atoms with Crippen molar-refractivity contribution in [2.45, 2.75) is 30.4 Å². The van der Waals surface area contributed by atoms with Crippen molar-refractivity contribution in [3.8, 4) is 0 Å². The third-order valence-corrected chi connectivity index (χ3v) is 3.60. The third kappa shape index (κ3) is 4.65. The summed E-state index contributed by atoms with van der Waals surface area (Å²) in [5.74, 6) is 0.664. The van der Waals surface area contributed by atoms with E-state index in [0.29, 0.717) is 5.92 Å². The van der Waals surface area contributed by atoms with Gasteiger partial charge in [-0.2, -0.15) is 0 Å². The van der Waals surface area contributed by atoms with E-state index in [0.717, 1.165) is 18.2 Å². The van der Waals surface area contributed by atoms with Crippen LogP contribution in [0, 0.1) is 5.92 Å². The summed E-state index contributed by atoms with van der Waals surface area (Å²) in [4.78, 5) is 9.72. The predicted molar refractivity (Wildman–Crippen MR) is 79.1 cm³/mol. The molecule has 1 heterocycles. The number of hydrogen-bond donors (Lipinski definition) is 1. The lowest BCUT2D eigenvalue weighted by Crippen LogP contribution is -2.19. The Morgan fingerprint density at radius 2 is 1.84 bits per heavy atom. The average Bonchev–Trinajstić information content (AvgIpc) is 2.41. The molecule has 1 N–H and O–H groups in total. The maximum Gasteiger partial charge on any atom is 0.192 e. The molecule has 4 heteroatoms. The van der Waals surface area contributed by atoms with Crippen molar-refractivity contribution in [2.24, 2.45) is 5.92 Å². The van der Waals surface area contributed by atoms with E-state index in [1.807, 2.05) is 6.07 Å². The zero-order chi connectivity index (χ0) is 13.5. The zero-order valence-corrected chi connectivity index (χ0v) is 12.2. The van der Waals surface area contributed by atoms with E-state index in [1.165, 1.54) is 10.5 Å². The molecule has 0 aliphatic carbocycles. The summed E-state index contributed by atoms with van der Waals surface area (Å²) >= 11 is 1.61. The van der Waals surface area contributed by atoms with Crippen LogP contribution in [0.4, 0.5) is 0 Å². The quantitative estimate of drug-likeness (QED) is 0.819. The summed E-state index contributed by atoms with van der Waals surface area (Å²) in [7, 11) is 0. The van der Waals surface area contributed by atoms with Gasteiger partial charge in [-0.05, 0) is 41.9 Å². The van der Waals surface area contributed by atoms with Crippen LogP contribution in [0.3, 0.4) is 0 Å². The van der Waals surface area contributed by atoms with Gasteiger partial charge in [0.1, 0.15) is 0 Å². The molecule has 0 radical (unpaired) electrons. The van der Waals surface area contributed by atoms with E-state index in [9.17, 15) is 0 Å². The van der Waals surface area contributed by atoms with Crippen molar-refractivity contribution in [2.75, 3.05) is 6.54 Å². The second-order valence-electron chi connectivity index (χ2n) is 4.77. The molecule has 1 aromatic carbocycles. The summed E-state index contributed by atoms with van der Waals surface area (Å²) in [6, 6.07) is 10.2. The minimum Gasteiger partial charge on any atom is -0.312 e. The Morgan fingerprint density at radius 1 is 1.11 bits per heavy atom. The van der Waals surface area contributed by atoms with Gasteiger partial charge in [0.15, 0.2) is 5.16 Å². The number of nitrogens with zero attached hydrogens (tertiary/aromatic N) is 2. The first-order chi connectivity index (χ1) is 9.25. The lowest BCUT2D eigenvalue weighted by atomic mass is 10.2. The minimum atomic E-state index is 0.664. The van der Waals surface area contributed by atoms with Crippen LogP contribution in [-0.4, -0.2) is 16.5 Å². The van der Waals surface area contributed by atoms with Crippen molar-refractivity contribution in [3.63, 3.8) is 0 Å². The number of nitrogens with one attached hydrogen (secondary N) is 1. The Balaban J connectivity index is 2.04. The van der Waals surface area contributed by atoms with Crippen LogP contribution >= 0.6 is 11.8 Å². The van der Waals surface area contributed by atoms with Crippen LogP contribution in [0.5, 0.6) is 0 Å². The molecule has 2 aromatic rings. The van der Waals surface area contributed by atoms with Gasteiger partial charge in [-0.1, -0.05) is 32.0 Å². The molecule has 19 heavy (non-hydrogen) atoms. The first-order valence-electron chi connectivity index (χ1n) is 6.49. The van der Waals surface area contributed by atoms with Crippen LogP contribution in [0.25, 0.3) is 0 Å². The van der Waals surface area contributed by atoms with Gasteiger partial charge in [-0.15, -0.1) is 0 Å². The highest BCUT2D eigenvalue weighted by atomic mass is 32.2. The minimum absolute atomic E-state index is 0.664. The zero-order valence-electron chi connectivity index (χ0n) is 11.3. The summed E-state index contributed by atoms with van der Waals surface area (Å²) in [6.45, 7) is 6.34. The number of hydrogen-bond acceptors (Lipinski definition) is 4. The van der Waals surface area contributed by atoms with Crippen LogP contribution < -0.4 is 5.32 Å². The van der Waals surface area contributed by atoms with Crippen LogP contribution in [-0.2, 0) is 6.54 Å². The molecule has 0 spiro atoms. The van der Waals surface area contributed by atoms with Gasteiger partial charge in [0.05, 0.1) is 0 Å². The van der Waals surface area contributed by atoms with E-state index < -0.39 is 0 Å². The Labute approximate surface area is 118 Å². The molecule has 0 saturated heterocycles. The summed E-state index contributed by atoms with van der Waals surface area (Å²) in [6.07, 6.45) is 3.55. The molecule has 0 unspecified atom stereocenters. The second kappa shape index (κ2) is 7.26. The van der Waals surface area contributed by atoms with E-state index in [1.54, 1.807) is 24.2 Å². The Morgan fingerprint density at radius 3 is 2.58 bits per heavy atom. The number of aromatic nitrogens is 2. The monoisotopic (exact) mass is 273 g/mol. The fourth-order valence-electron chi connectivity index (χ4n) is 1.68. The maximum absolute atomic E-state index is 4.26. The summed E-state index contributed by atoms with van der Waals surface area (Å²) < 4.78 is 0. The lowest BCUT2D eigenvalue weighted by molar-refractivity contribution is 0.550. The van der Waals surface area contributed by atoms with E-state index >= 15 is 0 Å². The fourth-order valence-corrected chi connectivity index (χ4v) is 2.52. The highest BCUT2D eigenvalue weighted by molar-refractivity contribution is 7.99. The Kier molecular flexibility index (Phi) is 5.36. The molecule has 0 fully saturated rings. The normalized spacial score (nSPS) is 10.9. The standard InChI is InChI=1S/C15H19N3S/c1-12(2)10-16-11-13-6-3-4-7-14(13)19-15-17-8-5-9-18-15/h3-9,12,16H,10-11H2,1-2H3. The van der Waals surface area contributed by atoms with E-state index in [2.05, 4.69) is 53.4 Å². The Hall–Kier alpha value is -1.39. The van der Waals surface area contributed by atoms with Crippen LogP contribution in [0.15, 0.2) is 52.8 Å². The largest absolute Gasteiger partial charge is 0.312 e. The highest BCUT2D eigenvalue weighted by Gasteiger charge is 2.05. The predicted octanol–water partition coefficient (Wildman–Crippen LogP) is 3.37. The van der Waals surface area contributed by atoms with Crippen molar-refractivity contribution in [1.29, 1.82) is 0 Å². The van der Waals surface area contributed by atoms with Crippen molar-refractivity contribution >= 4 is 11.8 Å². The molecular formula is C15H19N3S. The fraction of sp³-hybridized carbons (Fsp3) is 0.333. The average molecular weight is 273 g/mol. The Bertz CT molecular complexity index is 500. The van der Waals surface area contributed by atoms with Crippen molar-refractivity contribution in [3.05, 3.63) is 48.3 Å². The van der Waals surface area contributed by atoms with Crippen molar-refractivity contribution in [1.82, 2.24) is 15.3 Å². The van der Waals surface area contributed by atoms with Crippen LogP contribution in [0.2, 0.25) is 0 Å². The van der Waals surface area contributed by atoms with E-state index in [-0.39, 0.29) is 0 Å². The molecule has 0 amide bonds. The maximum atomic E-state index is 4.26. The summed E-state index contributed by atoms with van der Waals surface area (Å²) in [5, 5.41) is 4.26. The first-order valence-corrected chi connectivity index (χ1v) is 7.31. The smallest absolute Gasteiger partial charge is 0.192 e. The molecule has 0 bridgehead atoms. The van der Waals surface area contributed by atoms with Gasteiger partial charge in [0, 0.05) is 23.8 Å². The second-order valence-corrected chi connectivity index (χ2v) is 5.77. The number of benzene rings is 1. The molecule has 2 rings (SSSR count). The van der Waals surface area contributed by atoms with E-state index in [4.69, 9.17) is 0 Å².